The number of hydrogen-bond acceptors (Lipinski definition) is 3. The lowest BCUT2D eigenvalue weighted by Crippen LogP contribution is -2.41. The van der Waals surface area contributed by atoms with Crippen molar-refractivity contribution >= 4 is 11.9 Å². The average molecular weight is 270 g/mol. The highest BCUT2D eigenvalue weighted by atomic mass is 16.4. The summed E-state index contributed by atoms with van der Waals surface area (Å²) >= 11 is 0. The molecule has 3 N–H and O–H groups in total. The van der Waals surface area contributed by atoms with Crippen LogP contribution in [-0.2, 0) is 9.59 Å². The van der Waals surface area contributed by atoms with Crippen molar-refractivity contribution in [3.05, 3.63) is 0 Å². The van der Waals surface area contributed by atoms with Gasteiger partial charge in [0.05, 0.1) is 0 Å². The number of unbranched alkanes of at least 4 members (excludes halogenated alkanes) is 1. The van der Waals surface area contributed by atoms with Gasteiger partial charge in [-0.15, -0.1) is 0 Å². The lowest BCUT2D eigenvalue weighted by molar-refractivity contribution is -0.142. The fourth-order valence-electron chi connectivity index (χ4n) is 2.44. The number of carboxylic acid groups (broad SMARTS) is 1. The molecule has 1 saturated heterocycles. The number of carboxylic acids is 1. The first-order valence-electron chi connectivity index (χ1n) is 7.36. The van der Waals surface area contributed by atoms with Crippen LogP contribution in [0.15, 0.2) is 0 Å². The summed E-state index contributed by atoms with van der Waals surface area (Å²) in [5.74, 6) is -0.506. The molecule has 1 aliphatic heterocycles. The standard InChI is InChI=1S/C14H26N2O3/c1-2-3-6-12(14(18)19)16-13(17)8-7-11-5-4-9-15-10-11/h11-12,15H,2-10H2,1H3,(H,16,17)(H,18,19)/t11?,12-/m0/s1. The summed E-state index contributed by atoms with van der Waals surface area (Å²) in [6.45, 7) is 4.06. The highest BCUT2D eigenvalue weighted by molar-refractivity contribution is 5.83. The van der Waals surface area contributed by atoms with Crippen molar-refractivity contribution in [2.45, 2.75) is 57.9 Å². The maximum absolute atomic E-state index is 11.8. The summed E-state index contributed by atoms with van der Waals surface area (Å²) in [6, 6.07) is -0.725. The highest BCUT2D eigenvalue weighted by Gasteiger charge is 2.20. The van der Waals surface area contributed by atoms with Crippen LogP contribution in [0.3, 0.4) is 0 Å². The van der Waals surface area contributed by atoms with E-state index in [4.69, 9.17) is 5.11 Å². The molecule has 0 aromatic heterocycles. The van der Waals surface area contributed by atoms with E-state index < -0.39 is 12.0 Å². The van der Waals surface area contributed by atoms with E-state index in [2.05, 4.69) is 10.6 Å². The normalized spacial score (nSPS) is 20.8. The predicted octanol–water partition coefficient (Wildman–Crippen LogP) is 1.53. The first-order chi connectivity index (χ1) is 9.13. The van der Waals surface area contributed by atoms with E-state index in [0.29, 0.717) is 18.8 Å². The van der Waals surface area contributed by atoms with Gasteiger partial charge in [0.1, 0.15) is 6.04 Å². The third-order valence-corrected chi connectivity index (χ3v) is 3.66. The van der Waals surface area contributed by atoms with Crippen molar-refractivity contribution in [2.75, 3.05) is 13.1 Å². The first kappa shape index (κ1) is 16.0. The molecule has 0 aliphatic carbocycles. The van der Waals surface area contributed by atoms with E-state index in [1.165, 1.54) is 12.8 Å². The Morgan fingerprint density at radius 3 is 2.84 bits per heavy atom. The molecule has 110 valence electrons. The van der Waals surface area contributed by atoms with Gasteiger partial charge in [-0.05, 0) is 44.7 Å². The Bertz CT molecular complexity index is 288. The largest absolute Gasteiger partial charge is 0.480 e. The van der Waals surface area contributed by atoms with Gasteiger partial charge in [-0.25, -0.2) is 4.79 Å². The molecule has 0 radical (unpaired) electrons. The molecule has 1 rings (SSSR count). The van der Waals surface area contributed by atoms with Crippen molar-refractivity contribution in [1.82, 2.24) is 10.6 Å². The van der Waals surface area contributed by atoms with Crippen LogP contribution in [0.5, 0.6) is 0 Å². The molecule has 1 amide bonds. The van der Waals surface area contributed by atoms with Crippen molar-refractivity contribution in [3.8, 4) is 0 Å². The molecule has 1 aliphatic rings. The zero-order chi connectivity index (χ0) is 14.1. The van der Waals surface area contributed by atoms with Crippen molar-refractivity contribution in [1.29, 1.82) is 0 Å². The monoisotopic (exact) mass is 270 g/mol. The lowest BCUT2D eigenvalue weighted by Gasteiger charge is -2.22. The van der Waals surface area contributed by atoms with Gasteiger partial charge in [0.25, 0.3) is 0 Å². The minimum atomic E-state index is -0.930. The van der Waals surface area contributed by atoms with E-state index in [1.807, 2.05) is 6.92 Å². The van der Waals surface area contributed by atoms with E-state index in [1.54, 1.807) is 0 Å². The molecule has 0 saturated carbocycles. The molecule has 1 unspecified atom stereocenters. The number of amides is 1. The van der Waals surface area contributed by atoms with Gasteiger partial charge in [0.2, 0.25) is 5.91 Å². The van der Waals surface area contributed by atoms with Gasteiger partial charge >= 0.3 is 5.97 Å². The number of piperidine rings is 1. The third kappa shape index (κ3) is 6.57. The van der Waals surface area contributed by atoms with E-state index >= 15 is 0 Å². The molecule has 1 fully saturated rings. The molecule has 0 aromatic carbocycles. The Kier molecular flexibility index (Phi) is 7.48. The van der Waals surface area contributed by atoms with Gasteiger partial charge in [0, 0.05) is 6.42 Å². The summed E-state index contributed by atoms with van der Waals surface area (Å²) in [4.78, 5) is 22.8. The second kappa shape index (κ2) is 8.91. The van der Waals surface area contributed by atoms with Crippen molar-refractivity contribution in [3.63, 3.8) is 0 Å². The smallest absolute Gasteiger partial charge is 0.326 e. The molecule has 2 atom stereocenters. The zero-order valence-electron chi connectivity index (χ0n) is 11.8. The molecule has 1 heterocycles. The van der Waals surface area contributed by atoms with Crippen LogP contribution >= 0.6 is 0 Å². The minimum Gasteiger partial charge on any atom is -0.480 e. The van der Waals surface area contributed by atoms with Crippen LogP contribution in [0.4, 0.5) is 0 Å². The highest BCUT2D eigenvalue weighted by Crippen LogP contribution is 2.15. The summed E-state index contributed by atoms with van der Waals surface area (Å²) < 4.78 is 0. The van der Waals surface area contributed by atoms with Gasteiger partial charge < -0.3 is 15.7 Å². The quantitative estimate of drug-likeness (QED) is 0.625. The third-order valence-electron chi connectivity index (χ3n) is 3.66. The fourth-order valence-corrected chi connectivity index (χ4v) is 2.44. The van der Waals surface area contributed by atoms with Gasteiger partial charge in [-0.2, -0.15) is 0 Å². The molecular weight excluding hydrogens is 244 g/mol. The van der Waals surface area contributed by atoms with Crippen LogP contribution in [0.25, 0.3) is 0 Å². The van der Waals surface area contributed by atoms with E-state index in [-0.39, 0.29) is 5.91 Å². The number of carbonyl (C=O) groups is 2. The maximum Gasteiger partial charge on any atom is 0.326 e. The molecule has 0 bridgehead atoms. The summed E-state index contributed by atoms with van der Waals surface area (Å²) in [6.07, 6.45) is 5.89. The molecule has 0 aromatic rings. The lowest BCUT2D eigenvalue weighted by atomic mass is 9.94. The average Bonchev–Trinajstić information content (AvgIpc) is 2.42. The Morgan fingerprint density at radius 1 is 1.47 bits per heavy atom. The first-order valence-corrected chi connectivity index (χ1v) is 7.36. The van der Waals surface area contributed by atoms with E-state index in [0.717, 1.165) is 32.4 Å². The van der Waals surface area contributed by atoms with Gasteiger partial charge in [-0.3, -0.25) is 4.79 Å². The maximum atomic E-state index is 11.8. The second-order valence-corrected chi connectivity index (χ2v) is 5.35. The molecule has 5 nitrogen and oxygen atoms in total. The minimum absolute atomic E-state index is 0.130. The Balaban J connectivity index is 2.25. The molecule has 19 heavy (non-hydrogen) atoms. The number of carbonyl (C=O) groups excluding carboxylic acids is 1. The fraction of sp³-hybridized carbons (Fsp3) is 0.857. The van der Waals surface area contributed by atoms with Crippen molar-refractivity contribution < 1.29 is 14.7 Å². The summed E-state index contributed by atoms with van der Waals surface area (Å²) in [5, 5.41) is 15.0. The zero-order valence-corrected chi connectivity index (χ0v) is 11.8. The summed E-state index contributed by atoms with van der Waals surface area (Å²) in [7, 11) is 0. The molecule has 5 heteroatoms. The Hall–Kier alpha value is -1.10. The van der Waals surface area contributed by atoms with Crippen LogP contribution in [0, 0.1) is 5.92 Å². The predicted molar refractivity (Wildman–Crippen MR) is 73.9 cm³/mol. The van der Waals surface area contributed by atoms with Crippen LogP contribution in [-0.4, -0.2) is 36.1 Å². The number of rotatable bonds is 8. The van der Waals surface area contributed by atoms with Gasteiger partial charge in [0.15, 0.2) is 0 Å². The number of nitrogens with one attached hydrogen (secondary N) is 2. The topological polar surface area (TPSA) is 78.4 Å². The SMILES string of the molecule is CCCC[C@H](NC(=O)CCC1CCCNC1)C(=O)O. The second-order valence-electron chi connectivity index (χ2n) is 5.35. The Morgan fingerprint density at radius 2 is 2.26 bits per heavy atom. The summed E-state index contributed by atoms with van der Waals surface area (Å²) in [5.41, 5.74) is 0. The number of aliphatic carboxylic acids is 1. The van der Waals surface area contributed by atoms with Crippen LogP contribution in [0.1, 0.15) is 51.9 Å². The van der Waals surface area contributed by atoms with Gasteiger partial charge in [-0.1, -0.05) is 19.8 Å². The molecule has 0 spiro atoms. The molecular formula is C14H26N2O3. The van der Waals surface area contributed by atoms with Crippen LogP contribution < -0.4 is 10.6 Å². The number of hydrogen-bond donors (Lipinski definition) is 3. The van der Waals surface area contributed by atoms with Crippen molar-refractivity contribution in [2.24, 2.45) is 5.92 Å². The van der Waals surface area contributed by atoms with E-state index in [9.17, 15) is 9.59 Å². The Labute approximate surface area is 115 Å². The van der Waals surface area contributed by atoms with Crippen LogP contribution in [0.2, 0.25) is 0 Å².